The highest BCUT2D eigenvalue weighted by molar-refractivity contribution is 7.90. The number of carbonyl (C=O) groups is 1. The normalized spacial score (nSPS) is 45.2. The van der Waals surface area contributed by atoms with E-state index in [1.165, 1.54) is 6.07 Å². The smallest absolute Gasteiger partial charge is 0.299 e. The summed E-state index contributed by atoms with van der Waals surface area (Å²) in [6.45, 7) is 3.42. The number of primary amides is 1. The van der Waals surface area contributed by atoms with Gasteiger partial charge in [-0.25, -0.2) is 22.5 Å². The van der Waals surface area contributed by atoms with Gasteiger partial charge in [-0.05, 0) is 81.3 Å². The largest absolute Gasteiger partial charge is 0.457 e. The molecule has 1 aromatic rings. The number of amides is 1. The lowest BCUT2D eigenvalue weighted by Gasteiger charge is -2.56. The molecule has 9 heteroatoms. The van der Waals surface area contributed by atoms with Gasteiger partial charge in [-0.1, -0.05) is 18.2 Å². The van der Waals surface area contributed by atoms with Crippen LogP contribution < -0.4 is 10.5 Å². The fourth-order valence-corrected chi connectivity index (χ4v) is 9.71. The highest BCUT2D eigenvalue weighted by Gasteiger charge is 2.84. The summed E-state index contributed by atoms with van der Waals surface area (Å²) in [5, 5.41) is -0.968. The molecule has 1 aliphatic heterocycles. The second kappa shape index (κ2) is 5.85. The van der Waals surface area contributed by atoms with Crippen molar-refractivity contribution in [3.63, 3.8) is 0 Å². The van der Waals surface area contributed by atoms with Crippen LogP contribution in [0.3, 0.4) is 0 Å². The van der Waals surface area contributed by atoms with Crippen molar-refractivity contribution in [3.05, 3.63) is 35.6 Å². The maximum absolute atomic E-state index is 14.2. The zero-order chi connectivity index (χ0) is 22.7. The Labute approximate surface area is 187 Å². The zero-order valence-electron chi connectivity index (χ0n) is 18.2. The molecular formula is C23H28FN3O4S. The summed E-state index contributed by atoms with van der Waals surface area (Å²) in [5.41, 5.74) is 4.20. The van der Waals surface area contributed by atoms with Crippen LogP contribution in [0, 0.1) is 28.5 Å². The van der Waals surface area contributed by atoms with E-state index in [0.29, 0.717) is 11.5 Å². The molecule has 32 heavy (non-hydrogen) atoms. The average Bonchev–Trinajstić information content (AvgIpc) is 3.16. The minimum absolute atomic E-state index is 0.00235. The number of benzene rings is 1. The first-order valence-corrected chi connectivity index (χ1v) is 12.8. The summed E-state index contributed by atoms with van der Waals surface area (Å²) < 4.78 is 49.3. The van der Waals surface area contributed by atoms with Crippen molar-refractivity contribution in [2.75, 3.05) is 0 Å². The molecule has 6 unspecified atom stereocenters. The zero-order valence-corrected chi connectivity index (χ0v) is 19.0. The molecule has 172 valence electrons. The first kappa shape index (κ1) is 20.4. The number of ether oxygens (including phenoxy) is 1. The minimum atomic E-state index is -3.85. The third-order valence-electron chi connectivity index (χ3n) is 9.41. The van der Waals surface area contributed by atoms with Crippen molar-refractivity contribution in [1.82, 2.24) is 4.72 Å². The Kier molecular flexibility index (Phi) is 3.73. The lowest BCUT2D eigenvalue weighted by Crippen LogP contribution is -2.60. The monoisotopic (exact) mass is 461 g/mol. The number of carbonyl (C=O) groups excluding carboxylic acids is 1. The molecule has 1 amide bonds. The fourth-order valence-electron chi connectivity index (χ4n) is 8.04. The maximum atomic E-state index is 14.2. The van der Waals surface area contributed by atoms with Crippen molar-refractivity contribution in [2.45, 2.75) is 68.8 Å². The first-order valence-electron chi connectivity index (χ1n) is 11.3. The van der Waals surface area contributed by atoms with Gasteiger partial charge in [0, 0.05) is 0 Å². The minimum Gasteiger partial charge on any atom is -0.457 e. The Morgan fingerprint density at radius 2 is 1.94 bits per heavy atom. The van der Waals surface area contributed by atoms with Crippen LogP contribution in [0.15, 0.2) is 29.3 Å². The number of nitrogens with zero attached hydrogens (tertiary/aromatic N) is 1. The fraction of sp³-hybridized carbons (Fsp3) is 0.652. The number of rotatable bonds is 4. The van der Waals surface area contributed by atoms with Gasteiger partial charge in [0.2, 0.25) is 15.9 Å². The standard InChI is InChI=1S/C23H28FN3O4S/c1-20(2)17(7-13-5-3-4-6-16(13)24)32(29,30)27-19(31-20)26-23-11-14-8-21(18(25)28)9-15(23)10-22(14,21)12-23/h3-6,14-15,17H,7-12H2,1-2H3,(H2,25,28)(H,26,27). The number of nitrogens with one attached hydrogen (secondary N) is 1. The SMILES string of the molecule is CC1(C)OC(=NC23CC4CC5(C(N)=O)CC2CC45C3)NS(=O)(=O)C1Cc1ccccc1F. The van der Waals surface area contributed by atoms with Crippen LogP contribution in [0.5, 0.6) is 0 Å². The molecule has 6 rings (SSSR count). The van der Waals surface area contributed by atoms with Gasteiger partial charge in [0.05, 0.1) is 11.0 Å². The maximum Gasteiger partial charge on any atom is 0.299 e. The number of sulfonamides is 1. The first-order chi connectivity index (χ1) is 14.9. The topological polar surface area (TPSA) is 111 Å². The molecule has 3 bridgehead atoms. The highest BCUT2D eigenvalue weighted by Crippen LogP contribution is 2.86. The van der Waals surface area contributed by atoms with Crippen LogP contribution in [0.25, 0.3) is 0 Å². The van der Waals surface area contributed by atoms with E-state index in [9.17, 15) is 17.6 Å². The molecule has 5 aliphatic rings. The molecule has 3 N–H and O–H groups in total. The predicted molar refractivity (Wildman–Crippen MR) is 115 cm³/mol. The molecule has 1 heterocycles. The summed E-state index contributed by atoms with van der Waals surface area (Å²) in [7, 11) is -3.85. The number of amidine groups is 1. The van der Waals surface area contributed by atoms with Gasteiger partial charge in [-0.15, -0.1) is 0 Å². The summed E-state index contributed by atoms with van der Waals surface area (Å²) >= 11 is 0. The molecule has 5 fully saturated rings. The third kappa shape index (κ3) is 2.33. The van der Waals surface area contributed by atoms with E-state index in [-0.39, 0.29) is 35.1 Å². The third-order valence-corrected chi connectivity index (χ3v) is 11.4. The number of halogens is 1. The van der Waals surface area contributed by atoms with Gasteiger partial charge in [-0.3, -0.25) is 4.79 Å². The van der Waals surface area contributed by atoms with Crippen molar-refractivity contribution in [1.29, 1.82) is 0 Å². The van der Waals surface area contributed by atoms with E-state index >= 15 is 0 Å². The highest BCUT2D eigenvalue weighted by atomic mass is 32.2. The van der Waals surface area contributed by atoms with Crippen molar-refractivity contribution < 1.29 is 22.3 Å². The predicted octanol–water partition coefficient (Wildman–Crippen LogP) is 2.26. The van der Waals surface area contributed by atoms with Crippen LogP contribution in [0.1, 0.15) is 51.5 Å². The van der Waals surface area contributed by atoms with Crippen LogP contribution in [0.4, 0.5) is 4.39 Å². The molecule has 0 radical (unpaired) electrons. The van der Waals surface area contributed by atoms with Gasteiger partial charge in [-0.2, -0.15) is 0 Å². The number of fused-ring (bicyclic) bond motifs is 3. The lowest BCUT2D eigenvalue weighted by atomic mass is 9.46. The van der Waals surface area contributed by atoms with E-state index < -0.39 is 32.2 Å². The van der Waals surface area contributed by atoms with Crippen molar-refractivity contribution in [2.24, 2.45) is 33.4 Å². The Bertz CT molecular complexity index is 1180. The van der Waals surface area contributed by atoms with Crippen molar-refractivity contribution in [3.8, 4) is 0 Å². The summed E-state index contributed by atoms with van der Waals surface area (Å²) in [5.74, 6) is 0.0114. The average molecular weight is 462 g/mol. The van der Waals surface area contributed by atoms with Gasteiger partial charge >= 0.3 is 0 Å². The van der Waals surface area contributed by atoms with Crippen LogP contribution >= 0.6 is 0 Å². The van der Waals surface area contributed by atoms with E-state index in [2.05, 4.69) is 4.72 Å². The Morgan fingerprint density at radius 1 is 1.22 bits per heavy atom. The second-order valence-electron chi connectivity index (χ2n) is 11.1. The molecule has 7 nitrogen and oxygen atoms in total. The van der Waals surface area contributed by atoms with Gasteiger partial charge in [0.1, 0.15) is 16.7 Å². The molecule has 1 saturated heterocycles. The summed E-state index contributed by atoms with van der Waals surface area (Å²) in [6.07, 6.45) is 4.12. The Balaban J connectivity index is 1.30. The summed E-state index contributed by atoms with van der Waals surface area (Å²) in [4.78, 5) is 17.2. The van der Waals surface area contributed by atoms with Crippen LogP contribution in [-0.2, 0) is 26.0 Å². The number of nitrogens with two attached hydrogens (primary N) is 1. The van der Waals surface area contributed by atoms with Gasteiger partial charge < -0.3 is 10.5 Å². The number of hydrogen-bond donors (Lipinski definition) is 2. The molecular weight excluding hydrogens is 433 g/mol. The molecule has 0 aromatic heterocycles. The Hall–Kier alpha value is -2.16. The van der Waals surface area contributed by atoms with Crippen molar-refractivity contribution >= 4 is 22.0 Å². The molecule has 1 aromatic carbocycles. The van der Waals surface area contributed by atoms with E-state index in [1.54, 1.807) is 32.0 Å². The van der Waals surface area contributed by atoms with E-state index in [1.807, 2.05) is 0 Å². The molecule has 6 atom stereocenters. The van der Waals surface area contributed by atoms with Gasteiger partial charge in [0.15, 0.2) is 0 Å². The quantitative estimate of drug-likeness (QED) is 0.716. The van der Waals surface area contributed by atoms with Crippen LogP contribution in [-0.4, -0.2) is 36.7 Å². The molecule has 4 saturated carbocycles. The van der Waals surface area contributed by atoms with E-state index in [0.717, 1.165) is 32.1 Å². The van der Waals surface area contributed by atoms with Gasteiger partial charge in [0.25, 0.3) is 6.02 Å². The summed E-state index contributed by atoms with van der Waals surface area (Å²) in [6, 6.07) is 6.21. The second-order valence-corrected chi connectivity index (χ2v) is 13.0. The molecule has 4 aliphatic carbocycles. The Morgan fingerprint density at radius 3 is 2.62 bits per heavy atom. The number of hydrogen-bond acceptors (Lipinski definition) is 5. The number of aliphatic imine (C=N–C) groups is 1. The van der Waals surface area contributed by atoms with E-state index in [4.69, 9.17) is 15.5 Å². The molecule has 1 spiro atoms. The lowest BCUT2D eigenvalue weighted by molar-refractivity contribution is -0.157. The van der Waals surface area contributed by atoms with Crippen LogP contribution in [0.2, 0.25) is 0 Å².